The molecule has 0 aliphatic heterocycles. The summed E-state index contributed by atoms with van der Waals surface area (Å²) in [7, 11) is 0. The Morgan fingerprint density at radius 1 is 0.974 bits per heavy atom. The minimum absolute atomic E-state index is 0.220. The van der Waals surface area contributed by atoms with E-state index >= 15 is 0 Å². The molecular weight excluding hydrogens is 518 g/mol. The maximum absolute atomic E-state index is 12.6. The summed E-state index contributed by atoms with van der Waals surface area (Å²) in [6, 6.07) is 24.3. The molecule has 0 saturated carbocycles. The number of anilines is 1. The van der Waals surface area contributed by atoms with Crippen molar-refractivity contribution in [2.24, 2.45) is 5.92 Å². The Hall–Kier alpha value is -3.68. The van der Waals surface area contributed by atoms with Crippen LogP contribution in [0.5, 0.6) is 0 Å². The molecule has 0 saturated heterocycles. The van der Waals surface area contributed by atoms with Crippen LogP contribution in [0, 0.1) is 5.92 Å². The van der Waals surface area contributed by atoms with E-state index in [1.165, 1.54) is 5.56 Å². The Kier molecular flexibility index (Phi) is 9.15. The van der Waals surface area contributed by atoms with Crippen molar-refractivity contribution in [3.05, 3.63) is 106 Å². The number of nitrogens with zero attached hydrogens (tertiary/aromatic N) is 2. The van der Waals surface area contributed by atoms with Crippen LogP contribution in [0.25, 0.3) is 11.3 Å². The molecule has 3 aromatic carbocycles. The van der Waals surface area contributed by atoms with Gasteiger partial charge in [-0.2, -0.15) is 0 Å². The van der Waals surface area contributed by atoms with Gasteiger partial charge in [-0.05, 0) is 41.7 Å². The third kappa shape index (κ3) is 7.00. The number of hydrogen-bond donors (Lipinski definition) is 2. The van der Waals surface area contributed by atoms with Crippen LogP contribution in [0.15, 0.2) is 84.2 Å². The highest BCUT2D eigenvalue weighted by atomic mass is 35.5. The van der Waals surface area contributed by atoms with Gasteiger partial charge in [-0.1, -0.05) is 86.1 Å². The lowest BCUT2D eigenvalue weighted by atomic mass is 10.0. The summed E-state index contributed by atoms with van der Waals surface area (Å²) >= 11 is 7.98. The number of carboxylic acids is 1. The zero-order valence-electron chi connectivity index (χ0n) is 21.3. The minimum atomic E-state index is -1.04. The zero-order valence-corrected chi connectivity index (χ0v) is 22.9. The van der Waals surface area contributed by atoms with E-state index in [1.807, 2.05) is 60.0 Å². The molecule has 0 radical (unpaired) electrons. The Labute approximate surface area is 231 Å². The third-order valence-electron chi connectivity index (χ3n) is 6.23. The van der Waals surface area contributed by atoms with Crippen LogP contribution in [0.2, 0.25) is 5.02 Å². The van der Waals surface area contributed by atoms with Crippen LogP contribution in [-0.4, -0.2) is 34.6 Å². The second kappa shape index (κ2) is 12.7. The molecule has 1 atom stereocenters. The standard InChI is InChI=1S/C30H30ClN3O3S/c1-20(2)27(29(36)37)33-28(35)23-14-12-22(13-15-23)18-34(17-16-21-8-4-3-5-9-21)30-32-26(19-38-30)24-10-6-7-11-25(24)31/h3-15,19-20,27H,16-18H2,1-2H3,(H,33,35)(H,36,37). The smallest absolute Gasteiger partial charge is 0.326 e. The van der Waals surface area contributed by atoms with E-state index in [-0.39, 0.29) is 5.92 Å². The number of benzene rings is 3. The fraction of sp³-hybridized carbons (Fsp3) is 0.233. The first-order valence-corrected chi connectivity index (χ1v) is 13.7. The number of halogens is 1. The molecule has 1 heterocycles. The van der Waals surface area contributed by atoms with Crippen LogP contribution in [-0.2, 0) is 17.8 Å². The third-order valence-corrected chi connectivity index (χ3v) is 7.47. The number of nitrogens with one attached hydrogen (secondary N) is 1. The lowest BCUT2D eigenvalue weighted by Crippen LogP contribution is -2.44. The predicted molar refractivity (Wildman–Crippen MR) is 154 cm³/mol. The van der Waals surface area contributed by atoms with Crippen LogP contribution in [0.4, 0.5) is 5.13 Å². The Morgan fingerprint density at radius 2 is 1.66 bits per heavy atom. The van der Waals surface area contributed by atoms with E-state index in [0.29, 0.717) is 17.1 Å². The molecule has 0 bridgehead atoms. The van der Waals surface area contributed by atoms with E-state index in [9.17, 15) is 14.7 Å². The maximum Gasteiger partial charge on any atom is 0.326 e. The fourth-order valence-corrected chi connectivity index (χ4v) is 5.16. The van der Waals surface area contributed by atoms with Gasteiger partial charge in [0.1, 0.15) is 6.04 Å². The van der Waals surface area contributed by atoms with Crippen molar-refractivity contribution in [1.82, 2.24) is 10.3 Å². The zero-order chi connectivity index (χ0) is 27.1. The number of aromatic nitrogens is 1. The lowest BCUT2D eigenvalue weighted by Gasteiger charge is -2.22. The second-order valence-electron chi connectivity index (χ2n) is 9.38. The summed E-state index contributed by atoms with van der Waals surface area (Å²) in [6.07, 6.45) is 0.855. The van der Waals surface area contributed by atoms with E-state index in [2.05, 4.69) is 22.3 Å². The van der Waals surface area contributed by atoms with Crippen LogP contribution in [0.1, 0.15) is 35.3 Å². The fourth-order valence-electron chi connectivity index (χ4n) is 4.07. The summed E-state index contributed by atoms with van der Waals surface area (Å²) in [5.74, 6) is -1.66. The molecule has 4 aromatic rings. The average molecular weight is 548 g/mol. The van der Waals surface area contributed by atoms with Crippen molar-refractivity contribution < 1.29 is 14.7 Å². The van der Waals surface area contributed by atoms with Gasteiger partial charge in [-0.3, -0.25) is 4.79 Å². The molecule has 0 spiro atoms. The molecule has 2 N–H and O–H groups in total. The summed E-state index contributed by atoms with van der Waals surface area (Å²) in [5, 5.41) is 15.6. The number of thiazole rings is 1. The summed E-state index contributed by atoms with van der Waals surface area (Å²) < 4.78 is 0. The van der Waals surface area contributed by atoms with Crippen molar-refractivity contribution in [1.29, 1.82) is 0 Å². The second-order valence-corrected chi connectivity index (χ2v) is 10.6. The predicted octanol–water partition coefficient (Wildman–Crippen LogP) is 6.55. The highest BCUT2D eigenvalue weighted by Crippen LogP contribution is 2.32. The van der Waals surface area contributed by atoms with Gasteiger partial charge >= 0.3 is 5.97 Å². The Morgan fingerprint density at radius 3 is 2.32 bits per heavy atom. The number of hydrogen-bond acceptors (Lipinski definition) is 5. The van der Waals surface area contributed by atoms with Crippen molar-refractivity contribution in [3.63, 3.8) is 0 Å². The van der Waals surface area contributed by atoms with Crippen LogP contribution in [0.3, 0.4) is 0 Å². The largest absolute Gasteiger partial charge is 0.480 e. The molecule has 0 fully saturated rings. The van der Waals surface area contributed by atoms with E-state index < -0.39 is 17.9 Å². The molecule has 1 aromatic heterocycles. The summed E-state index contributed by atoms with van der Waals surface area (Å²) in [5.41, 5.74) is 4.42. The number of carbonyl (C=O) groups is 2. The van der Waals surface area contributed by atoms with Gasteiger partial charge < -0.3 is 15.3 Å². The van der Waals surface area contributed by atoms with Crippen molar-refractivity contribution in [2.75, 3.05) is 11.4 Å². The molecule has 0 aliphatic carbocycles. The van der Waals surface area contributed by atoms with Gasteiger partial charge in [0.25, 0.3) is 5.91 Å². The minimum Gasteiger partial charge on any atom is -0.480 e. The van der Waals surface area contributed by atoms with E-state index in [4.69, 9.17) is 16.6 Å². The number of rotatable bonds is 11. The van der Waals surface area contributed by atoms with Gasteiger partial charge in [0, 0.05) is 34.6 Å². The Bertz CT molecular complexity index is 1370. The SMILES string of the molecule is CC(C)C(NC(=O)c1ccc(CN(CCc2ccccc2)c2nc(-c3ccccc3Cl)cs2)cc1)C(=O)O. The van der Waals surface area contributed by atoms with Crippen molar-refractivity contribution in [2.45, 2.75) is 32.9 Å². The van der Waals surface area contributed by atoms with Gasteiger partial charge in [0.2, 0.25) is 0 Å². The highest BCUT2D eigenvalue weighted by molar-refractivity contribution is 7.14. The molecule has 4 rings (SSSR count). The molecule has 8 heteroatoms. The van der Waals surface area contributed by atoms with E-state index in [1.54, 1.807) is 37.3 Å². The highest BCUT2D eigenvalue weighted by Gasteiger charge is 2.24. The molecule has 0 aliphatic rings. The van der Waals surface area contributed by atoms with Gasteiger partial charge in [-0.25, -0.2) is 9.78 Å². The molecular formula is C30H30ClN3O3S. The topological polar surface area (TPSA) is 82.5 Å². The monoisotopic (exact) mass is 547 g/mol. The summed E-state index contributed by atoms with van der Waals surface area (Å²) in [4.78, 5) is 31.2. The van der Waals surface area contributed by atoms with Gasteiger partial charge in [0.05, 0.1) is 5.69 Å². The normalized spacial score (nSPS) is 11.8. The van der Waals surface area contributed by atoms with Crippen molar-refractivity contribution >= 4 is 39.9 Å². The number of amides is 1. The first-order valence-electron chi connectivity index (χ1n) is 12.4. The summed E-state index contributed by atoms with van der Waals surface area (Å²) in [6.45, 7) is 4.90. The van der Waals surface area contributed by atoms with Gasteiger partial charge in [-0.15, -0.1) is 11.3 Å². The number of aliphatic carboxylic acids is 1. The maximum atomic E-state index is 12.6. The first-order chi connectivity index (χ1) is 18.3. The van der Waals surface area contributed by atoms with Crippen LogP contribution < -0.4 is 10.2 Å². The Balaban J connectivity index is 1.52. The average Bonchev–Trinajstić information content (AvgIpc) is 3.40. The molecule has 196 valence electrons. The quantitative estimate of drug-likeness (QED) is 0.222. The first kappa shape index (κ1) is 27.4. The molecule has 6 nitrogen and oxygen atoms in total. The van der Waals surface area contributed by atoms with Gasteiger partial charge in [0.15, 0.2) is 5.13 Å². The van der Waals surface area contributed by atoms with Crippen molar-refractivity contribution in [3.8, 4) is 11.3 Å². The van der Waals surface area contributed by atoms with Crippen LogP contribution >= 0.6 is 22.9 Å². The number of carbonyl (C=O) groups excluding carboxylic acids is 1. The lowest BCUT2D eigenvalue weighted by molar-refractivity contribution is -0.140. The number of carboxylic acid groups (broad SMARTS) is 1. The molecule has 38 heavy (non-hydrogen) atoms. The molecule has 1 unspecified atom stereocenters. The van der Waals surface area contributed by atoms with E-state index in [0.717, 1.165) is 34.9 Å². The molecule has 1 amide bonds.